The molecule has 0 bridgehead atoms. The summed E-state index contributed by atoms with van der Waals surface area (Å²) >= 11 is 0. The van der Waals surface area contributed by atoms with Crippen LogP contribution >= 0.6 is 0 Å². The molecule has 14 heavy (non-hydrogen) atoms. The number of carboxylic acid groups (broad SMARTS) is 1. The minimum atomic E-state index is -2.87. The first-order valence-corrected chi connectivity index (χ1v) is 6.72. The Morgan fingerprint density at radius 1 is 1.21 bits per heavy atom. The van der Waals surface area contributed by atoms with Gasteiger partial charge in [-0.05, 0) is 31.6 Å². The predicted molar refractivity (Wildman–Crippen MR) is 50.7 cm³/mol. The third-order valence-electron chi connectivity index (χ3n) is 3.55. The van der Waals surface area contributed by atoms with Crippen molar-refractivity contribution in [3.8, 4) is 0 Å². The molecule has 4 nitrogen and oxygen atoms in total. The van der Waals surface area contributed by atoms with Gasteiger partial charge in [-0.25, -0.2) is 8.42 Å². The van der Waals surface area contributed by atoms with Crippen molar-refractivity contribution in [2.45, 2.75) is 25.7 Å². The molecule has 1 N–H and O–H groups in total. The highest BCUT2D eigenvalue weighted by atomic mass is 32.2. The summed E-state index contributed by atoms with van der Waals surface area (Å²) in [5.74, 6) is -0.301. The Hall–Kier alpha value is -0.580. The average molecular weight is 218 g/mol. The van der Waals surface area contributed by atoms with Gasteiger partial charge in [0.1, 0.15) is 9.84 Å². The Bertz CT molecular complexity index is 339. The molecule has 1 aliphatic carbocycles. The maximum Gasteiger partial charge on any atom is 0.309 e. The Balaban J connectivity index is 2.06. The van der Waals surface area contributed by atoms with E-state index in [2.05, 4.69) is 0 Å². The summed E-state index contributed by atoms with van der Waals surface area (Å²) in [6, 6.07) is 0. The van der Waals surface area contributed by atoms with Crippen LogP contribution in [0.3, 0.4) is 0 Å². The van der Waals surface area contributed by atoms with Crippen molar-refractivity contribution < 1.29 is 18.3 Å². The number of aliphatic carboxylic acids is 1. The van der Waals surface area contributed by atoms with Crippen LogP contribution in [0.5, 0.6) is 0 Å². The highest BCUT2D eigenvalue weighted by Gasteiger charge is 2.56. The third-order valence-corrected chi connectivity index (χ3v) is 5.27. The van der Waals surface area contributed by atoms with Crippen LogP contribution in [0, 0.1) is 11.3 Å². The SMILES string of the molecule is O=C(O)C1(C2CCS(=O)(=O)CC2)CC1. The molecule has 0 amide bonds. The van der Waals surface area contributed by atoms with Crippen molar-refractivity contribution in [2.75, 3.05) is 11.5 Å². The molecule has 2 aliphatic rings. The highest BCUT2D eigenvalue weighted by molar-refractivity contribution is 7.91. The maximum absolute atomic E-state index is 11.2. The Kier molecular flexibility index (Phi) is 2.10. The number of rotatable bonds is 2. The second-order valence-electron chi connectivity index (χ2n) is 4.39. The van der Waals surface area contributed by atoms with Crippen molar-refractivity contribution in [1.29, 1.82) is 0 Å². The highest BCUT2D eigenvalue weighted by Crippen LogP contribution is 2.55. The lowest BCUT2D eigenvalue weighted by atomic mass is 9.84. The van der Waals surface area contributed by atoms with E-state index in [1.165, 1.54) is 0 Å². The van der Waals surface area contributed by atoms with E-state index in [1.807, 2.05) is 0 Å². The lowest BCUT2D eigenvalue weighted by molar-refractivity contribution is -0.145. The maximum atomic E-state index is 11.2. The van der Waals surface area contributed by atoms with Crippen molar-refractivity contribution in [1.82, 2.24) is 0 Å². The lowest BCUT2D eigenvalue weighted by Crippen LogP contribution is -2.33. The minimum Gasteiger partial charge on any atom is -0.481 e. The van der Waals surface area contributed by atoms with Gasteiger partial charge in [-0.3, -0.25) is 4.79 Å². The summed E-state index contributed by atoms with van der Waals surface area (Å²) in [4.78, 5) is 11.0. The molecular weight excluding hydrogens is 204 g/mol. The monoisotopic (exact) mass is 218 g/mol. The van der Waals surface area contributed by atoms with Crippen LogP contribution in [0.1, 0.15) is 25.7 Å². The van der Waals surface area contributed by atoms with E-state index in [-0.39, 0.29) is 17.4 Å². The van der Waals surface area contributed by atoms with Gasteiger partial charge in [-0.2, -0.15) is 0 Å². The van der Waals surface area contributed by atoms with E-state index in [4.69, 9.17) is 5.11 Å². The number of hydrogen-bond donors (Lipinski definition) is 1. The molecule has 1 heterocycles. The van der Waals surface area contributed by atoms with Crippen LogP contribution in [0.25, 0.3) is 0 Å². The first-order chi connectivity index (χ1) is 6.46. The van der Waals surface area contributed by atoms with Gasteiger partial charge < -0.3 is 5.11 Å². The largest absolute Gasteiger partial charge is 0.481 e. The molecule has 0 unspecified atom stereocenters. The van der Waals surface area contributed by atoms with E-state index in [0.29, 0.717) is 12.8 Å². The number of hydrogen-bond acceptors (Lipinski definition) is 3. The van der Waals surface area contributed by atoms with Gasteiger partial charge in [-0.15, -0.1) is 0 Å². The summed E-state index contributed by atoms with van der Waals surface area (Å²) in [6.07, 6.45) is 2.53. The second-order valence-corrected chi connectivity index (χ2v) is 6.69. The molecule has 0 radical (unpaired) electrons. The molecule has 0 spiro atoms. The van der Waals surface area contributed by atoms with Gasteiger partial charge in [0, 0.05) is 0 Å². The molecule has 80 valence electrons. The first-order valence-electron chi connectivity index (χ1n) is 4.90. The zero-order chi connectivity index (χ0) is 10.4. The minimum absolute atomic E-state index is 0.0866. The van der Waals surface area contributed by atoms with Crippen molar-refractivity contribution in [3.05, 3.63) is 0 Å². The van der Waals surface area contributed by atoms with E-state index in [9.17, 15) is 13.2 Å². The average Bonchev–Trinajstić information content (AvgIpc) is 2.84. The van der Waals surface area contributed by atoms with Gasteiger partial charge >= 0.3 is 5.97 Å². The Labute approximate surface area is 83.2 Å². The van der Waals surface area contributed by atoms with E-state index in [0.717, 1.165) is 12.8 Å². The Morgan fingerprint density at radius 2 is 1.71 bits per heavy atom. The standard InChI is InChI=1S/C9H14O4S/c10-8(11)9(3-4-9)7-1-5-14(12,13)6-2-7/h7H,1-6H2,(H,10,11). The second kappa shape index (κ2) is 2.95. The van der Waals surface area contributed by atoms with Crippen LogP contribution in [-0.2, 0) is 14.6 Å². The zero-order valence-corrected chi connectivity index (χ0v) is 8.72. The molecule has 0 aromatic heterocycles. The van der Waals surface area contributed by atoms with Crippen LogP contribution in [0.15, 0.2) is 0 Å². The molecule has 1 saturated carbocycles. The zero-order valence-electron chi connectivity index (χ0n) is 7.90. The van der Waals surface area contributed by atoms with Crippen LogP contribution in [0.4, 0.5) is 0 Å². The molecule has 0 aromatic carbocycles. The quantitative estimate of drug-likeness (QED) is 0.739. The summed E-state index contributed by atoms with van der Waals surface area (Å²) in [7, 11) is -2.87. The number of carboxylic acids is 1. The molecule has 1 saturated heterocycles. The van der Waals surface area contributed by atoms with Crippen molar-refractivity contribution >= 4 is 15.8 Å². The molecule has 0 aromatic rings. The van der Waals surface area contributed by atoms with Gasteiger partial charge in [-0.1, -0.05) is 0 Å². The smallest absolute Gasteiger partial charge is 0.309 e. The predicted octanol–water partition coefficient (Wildman–Crippen LogP) is 0.676. The van der Waals surface area contributed by atoms with Crippen LogP contribution in [-0.4, -0.2) is 31.0 Å². The van der Waals surface area contributed by atoms with E-state index < -0.39 is 21.2 Å². The van der Waals surface area contributed by atoms with Gasteiger partial charge in [0.2, 0.25) is 0 Å². The van der Waals surface area contributed by atoms with E-state index in [1.54, 1.807) is 0 Å². The third kappa shape index (κ3) is 1.54. The fourth-order valence-electron chi connectivity index (χ4n) is 2.37. The summed E-state index contributed by atoms with van der Waals surface area (Å²) in [5.41, 5.74) is -0.560. The molecule has 0 atom stereocenters. The van der Waals surface area contributed by atoms with Gasteiger partial charge in [0.15, 0.2) is 0 Å². The fourth-order valence-corrected chi connectivity index (χ4v) is 3.87. The topological polar surface area (TPSA) is 71.4 Å². The van der Waals surface area contributed by atoms with Gasteiger partial charge in [0.05, 0.1) is 16.9 Å². The molecule has 2 fully saturated rings. The summed E-state index contributed by atoms with van der Waals surface area (Å²) in [6.45, 7) is 0. The number of sulfone groups is 1. The molecular formula is C9H14O4S. The van der Waals surface area contributed by atoms with Crippen LogP contribution < -0.4 is 0 Å². The van der Waals surface area contributed by atoms with Crippen LogP contribution in [0.2, 0.25) is 0 Å². The van der Waals surface area contributed by atoms with Crippen molar-refractivity contribution in [2.24, 2.45) is 11.3 Å². The summed E-state index contributed by atoms with van der Waals surface area (Å²) < 4.78 is 22.3. The normalized spacial score (nSPS) is 29.7. The van der Waals surface area contributed by atoms with Crippen molar-refractivity contribution in [3.63, 3.8) is 0 Å². The lowest BCUT2D eigenvalue weighted by Gasteiger charge is -2.27. The molecule has 5 heteroatoms. The summed E-state index contributed by atoms with van der Waals surface area (Å²) in [5, 5.41) is 9.04. The van der Waals surface area contributed by atoms with E-state index >= 15 is 0 Å². The number of carbonyl (C=O) groups is 1. The molecule has 1 aliphatic heterocycles. The van der Waals surface area contributed by atoms with Gasteiger partial charge in [0.25, 0.3) is 0 Å². The molecule has 2 rings (SSSR count). The first kappa shape index (κ1) is 9.96. The fraction of sp³-hybridized carbons (Fsp3) is 0.889. The Morgan fingerprint density at radius 3 is 2.07 bits per heavy atom.